The second-order valence-electron chi connectivity index (χ2n) is 6.34. The number of anilines is 1. The molecule has 0 aliphatic carbocycles. The number of nitrogens with one attached hydrogen (secondary N) is 2. The highest BCUT2D eigenvalue weighted by Crippen LogP contribution is 2.14. The summed E-state index contributed by atoms with van der Waals surface area (Å²) in [5.41, 5.74) is 4.83. The third kappa shape index (κ3) is 5.87. The number of hydrogen-bond acceptors (Lipinski definition) is 5. The van der Waals surface area contributed by atoms with Gasteiger partial charge in [0.2, 0.25) is 0 Å². The fourth-order valence-electron chi connectivity index (χ4n) is 2.40. The zero-order valence-electron chi connectivity index (χ0n) is 16.2. The smallest absolute Gasteiger partial charge is 0.343 e. The number of nitrogens with zero attached hydrogens (tertiary/aromatic N) is 1. The number of carbonyl (C=O) groups is 3. The lowest BCUT2D eigenvalue weighted by molar-refractivity contribution is -0.136. The van der Waals surface area contributed by atoms with Crippen molar-refractivity contribution in [1.82, 2.24) is 5.43 Å². The number of hydrogen-bond donors (Lipinski definition) is 2. The maximum absolute atomic E-state index is 12.1. The van der Waals surface area contributed by atoms with E-state index in [4.69, 9.17) is 4.74 Å². The standard InChI is InChI=1S/C23H19N3O4/c1-16-7-11-18(12-8-16)23(29)30-20-13-9-17(10-14-20)15-24-26-22(28)21(27)25-19-5-3-2-4-6-19/h2-15H,1H3,(H,25,27)(H,26,28)/b24-15+. The molecule has 0 atom stereocenters. The molecule has 0 aromatic heterocycles. The molecule has 2 amide bonds. The highest BCUT2D eigenvalue weighted by atomic mass is 16.5. The van der Waals surface area contributed by atoms with E-state index in [9.17, 15) is 14.4 Å². The highest BCUT2D eigenvalue weighted by molar-refractivity contribution is 6.39. The van der Waals surface area contributed by atoms with E-state index in [1.54, 1.807) is 66.7 Å². The van der Waals surface area contributed by atoms with Gasteiger partial charge in [-0.2, -0.15) is 5.10 Å². The molecule has 3 aromatic carbocycles. The Bertz CT molecular complexity index is 1060. The van der Waals surface area contributed by atoms with Gasteiger partial charge in [-0.15, -0.1) is 0 Å². The zero-order valence-corrected chi connectivity index (χ0v) is 16.2. The lowest BCUT2D eigenvalue weighted by Gasteiger charge is -2.05. The molecule has 0 fully saturated rings. The van der Waals surface area contributed by atoms with Crippen LogP contribution in [-0.2, 0) is 9.59 Å². The van der Waals surface area contributed by atoms with Crippen molar-refractivity contribution < 1.29 is 19.1 Å². The molecule has 0 bridgehead atoms. The Labute approximate surface area is 173 Å². The molecule has 7 heteroatoms. The number of hydrazone groups is 1. The molecule has 0 radical (unpaired) electrons. The summed E-state index contributed by atoms with van der Waals surface area (Å²) in [7, 11) is 0. The van der Waals surface area contributed by atoms with Gasteiger partial charge in [0.25, 0.3) is 0 Å². The molecular weight excluding hydrogens is 382 g/mol. The molecule has 3 rings (SSSR count). The Morgan fingerprint density at radius 2 is 1.50 bits per heavy atom. The first-order valence-electron chi connectivity index (χ1n) is 9.09. The van der Waals surface area contributed by atoms with Gasteiger partial charge >= 0.3 is 17.8 Å². The van der Waals surface area contributed by atoms with Gasteiger partial charge in [-0.1, -0.05) is 35.9 Å². The molecule has 3 aromatic rings. The van der Waals surface area contributed by atoms with E-state index in [0.717, 1.165) is 5.56 Å². The summed E-state index contributed by atoms with van der Waals surface area (Å²) in [4.78, 5) is 35.7. The number of ether oxygens (including phenoxy) is 1. The fraction of sp³-hybridized carbons (Fsp3) is 0.0435. The summed E-state index contributed by atoms with van der Waals surface area (Å²) in [6, 6.07) is 22.3. The summed E-state index contributed by atoms with van der Waals surface area (Å²) in [6.45, 7) is 1.94. The fourth-order valence-corrected chi connectivity index (χ4v) is 2.40. The van der Waals surface area contributed by atoms with E-state index in [1.807, 2.05) is 19.1 Å². The third-order valence-corrected chi connectivity index (χ3v) is 4.00. The Kier molecular flexibility index (Phi) is 6.68. The van der Waals surface area contributed by atoms with Gasteiger partial charge in [-0.25, -0.2) is 10.2 Å². The van der Waals surface area contributed by atoms with Crippen molar-refractivity contribution in [3.63, 3.8) is 0 Å². The lowest BCUT2D eigenvalue weighted by atomic mass is 10.1. The van der Waals surface area contributed by atoms with Crippen LogP contribution in [0, 0.1) is 6.92 Å². The minimum absolute atomic E-state index is 0.379. The van der Waals surface area contributed by atoms with E-state index >= 15 is 0 Å². The van der Waals surface area contributed by atoms with E-state index in [1.165, 1.54) is 6.21 Å². The molecular formula is C23H19N3O4. The van der Waals surface area contributed by atoms with Crippen LogP contribution in [0.3, 0.4) is 0 Å². The Balaban J connectivity index is 1.50. The number of para-hydroxylation sites is 1. The molecule has 0 heterocycles. The number of amides is 2. The summed E-state index contributed by atoms with van der Waals surface area (Å²) in [5, 5.41) is 6.22. The van der Waals surface area contributed by atoms with E-state index in [-0.39, 0.29) is 0 Å². The van der Waals surface area contributed by atoms with Crippen LogP contribution in [0.2, 0.25) is 0 Å². The number of benzene rings is 3. The summed E-state index contributed by atoms with van der Waals surface area (Å²) >= 11 is 0. The number of rotatable bonds is 5. The van der Waals surface area contributed by atoms with Gasteiger partial charge in [0.05, 0.1) is 11.8 Å². The van der Waals surface area contributed by atoms with Crippen molar-refractivity contribution in [3.05, 3.63) is 95.6 Å². The molecule has 0 aliphatic heterocycles. The molecule has 2 N–H and O–H groups in total. The monoisotopic (exact) mass is 401 g/mol. The minimum atomic E-state index is -0.890. The lowest BCUT2D eigenvalue weighted by Crippen LogP contribution is -2.32. The molecule has 0 saturated carbocycles. The number of esters is 1. The Morgan fingerprint density at radius 3 is 2.17 bits per heavy atom. The predicted octanol–water partition coefficient (Wildman–Crippen LogP) is 3.30. The van der Waals surface area contributed by atoms with Crippen molar-refractivity contribution in [3.8, 4) is 5.75 Å². The van der Waals surface area contributed by atoms with Crippen molar-refractivity contribution in [2.24, 2.45) is 5.10 Å². The van der Waals surface area contributed by atoms with Crippen LogP contribution in [0.1, 0.15) is 21.5 Å². The summed E-state index contributed by atoms with van der Waals surface area (Å²) < 4.78 is 5.32. The topological polar surface area (TPSA) is 96.9 Å². The molecule has 0 aliphatic rings. The van der Waals surface area contributed by atoms with Crippen molar-refractivity contribution in [2.75, 3.05) is 5.32 Å². The van der Waals surface area contributed by atoms with E-state index < -0.39 is 17.8 Å². The maximum Gasteiger partial charge on any atom is 0.343 e. The first-order chi connectivity index (χ1) is 14.5. The van der Waals surface area contributed by atoms with Crippen LogP contribution < -0.4 is 15.5 Å². The molecule has 0 unspecified atom stereocenters. The highest BCUT2D eigenvalue weighted by Gasteiger charge is 2.12. The number of carbonyl (C=O) groups excluding carboxylic acids is 3. The average Bonchev–Trinajstić information content (AvgIpc) is 2.76. The Morgan fingerprint density at radius 1 is 0.833 bits per heavy atom. The molecule has 0 saturated heterocycles. The first kappa shape index (κ1) is 20.5. The maximum atomic E-state index is 12.1. The second-order valence-corrected chi connectivity index (χ2v) is 6.34. The molecule has 0 spiro atoms. The molecule has 30 heavy (non-hydrogen) atoms. The first-order valence-corrected chi connectivity index (χ1v) is 9.09. The largest absolute Gasteiger partial charge is 0.423 e. The molecule has 150 valence electrons. The van der Waals surface area contributed by atoms with Gasteiger partial charge in [-0.3, -0.25) is 9.59 Å². The van der Waals surface area contributed by atoms with Gasteiger partial charge in [-0.05, 0) is 61.0 Å². The van der Waals surface area contributed by atoms with Gasteiger partial charge in [0, 0.05) is 5.69 Å². The van der Waals surface area contributed by atoms with Crippen LogP contribution in [0.4, 0.5) is 5.69 Å². The van der Waals surface area contributed by atoms with Crippen LogP contribution in [0.15, 0.2) is 84.0 Å². The van der Waals surface area contributed by atoms with Crippen LogP contribution >= 0.6 is 0 Å². The van der Waals surface area contributed by atoms with Gasteiger partial charge in [0.1, 0.15) is 5.75 Å². The van der Waals surface area contributed by atoms with Crippen LogP contribution in [0.5, 0.6) is 5.75 Å². The van der Waals surface area contributed by atoms with Crippen LogP contribution in [-0.4, -0.2) is 24.0 Å². The van der Waals surface area contributed by atoms with E-state index in [2.05, 4.69) is 15.8 Å². The summed E-state index contributed by atoms with van der Waals surface area (Å²) in [6.07, 6.45) is 1.37. The predicted molar refractivity (Wildman–Crippen MR) is 113 cm³/mol. The Hall–Kier alpha value is -4.26. The quantitative estimate of drug-likeness (QED) is 0.225. The normalized spacial score (nSPS) is 10.4. The summed E-state index contributed by atoms with van der Waals surface area (Å²) in [5.74, 6) is -1.78. The van der Waals surface area contributed by atoms with Crippen LogP contribution in [0.25, 0.3) is 0 Å². The van der Waals surface area contributed by atoms with E-state index in [0.29, 0.717) is 22.6 Å². The van der Waals surface area contributed by atoms with Crippen molar-refractivity contribution >= 4 is 29.7 Å². The SMILES string of the molecule is Cc1ccc(C(=O)Oc2ccc(/C=N/NC(=O)C(=O)Nc3ccccc3)cc2)cc1. The van der Waals surface area contributed by atoms with Crippen molar-refractivity contribution in [2.45, 2.75) is 6.92 Å². The average molecular weight is 401 g/mol. The minimum Gasteiger partial charge on any atom is -0.423 e. The number of aryl methyl sites for hydroxylation is 1. The second kappa shape index (κ2) is 9.79. The zero-order chi connectivity index (χ0) is 21.3. The third-order valence-electron chi connectivity index (χ3n) is 4.00. The van der Waals surface area contributed by atoms with Gasteiger partial charge in [0.15, 0.2) is 0 Å². The molecule has 7 nitrogen and oxygen atoms in total. The van der Waals surface area contributed by atoms with Crippen molar-refractivity contribution in [1.29, 1.82) is 0 Å². The van der Waals surface area contributed by atoms with Gasteiger partial charge < -0.3 is 10.1 Å².